The van der Waals surface area contributed by atoms with Crippen molar-refractivity contribution in [1.29, 1.82) is 0 Å². The Morgan fingerprint density at radius 1 is 1.11 bits per heavy atom. The van der Waals surface area contributed by atoms with E-state index in [0.29, 0.717) is 42.7 Å². The van der Waals surface area contributed by atoms with E-state index >= 15 is 0 Å². The number of carbonyl (C=O) groups excluding carboxylic acids is 1. The summed E-state index contributed by atoms with van der Waals surface area (Å²) in [7, 11) is 0. The van der Waals surface area contributed by atoms with Gasteiger partial charge in [0.15, 0.2) is 5.65 Å². The second-order valence-corrected chi connectivity index (χ2v) is 10.2. The highest BCUT2D eigenvalue weighted by Gasteiger charge is 2.40. The molecule has 11 heteroatoms. The fourth-order valence-electron chi connectivity index (χ4n) is 5.30. The third-order valence-electron chi connectivity index (χ3n) is 7.60. The largest absolute Gasteiger partial charge is 0.388 e. The Balaban J connectivity index is 1.07. The van der Waals surface area contributed by atoms with Gasteiger partial charge in [0.1, 0.15) is 23.3 Å². The predicted octanol–water partition coefficient (Wildman–Crippen LogP) is 2.36. The van der Waals surface area contributed by atoms with Gasteiger partial charge in [0.2, 0.25) is 5.91 Å². The van der Waals surface area contributed by atoms with E-state index in [2.05, 4.69) is 20.4 Å². The minimum absolute atomic E-state index is 0.0192. The Kier molecular flexibility index (Phi) is 6.15. The number of fused-ring (bicyclic) bond motifs is 1. The number of likely N-dealkylation sites (tertiary alicyclic amines) is 1. The zero-order valence-corrected chi connectivity index (χ0v) is 20.7. The third kappa shape index (κ3) is 4.65. The normalized spacial score (nSPS) is 20.7. The summed E-state index contributed by atoms with van der Waals surface area (Å²) in [5.74, 6) is 0.557. The van der Waals surface area contributed by atoms with Crippen LogP contribution >= 0.6 is 0 Å². The van der Waals surface area contributed by atoms with Crippen LogP contribution in [0.5, 0.6) is 0 Å². The lowest BCUT2D eigenvalue weighted by atomic mass is 9.78. The highest BCUT2D eigenvalue weighted by Crippen LogP contribution is 2.33. The van der Waals surface area contributed by atoms with Gasteiger partial charge in [-0.15, -0.1) is 0 Å². The molecule has 0 bridgehead atoms. The van der Waals surface area contributed by atoms with Gasteiger partial charge in [0.05, 0.1) is 24.0 Å². The van der Waals surface area contributed by atoms with Gasteiger partial charge in [-0.3, -0.25) is 14.2 Å². The Morgan fingerprint density at radius 3 is 2.58 bits per heavy atom. The molecule has 0 atom stereocenters. The molecule has 2 fully saturated rings. The van der Waals surface area contributed by atoms with E-state index in [0.717, 1.165) is 18.7 Å². The number of anilines is 1. The number of nitrogens with one attached hydrogen (secondary N) is 1. The van der Waals surface area contributed by atoms with Gasteiger partial charge in [-0.2, -0.15) is 5.10 Å². The molecular weight excluding hydrogens is 489 g/mol. The van der Waals surface area contributed by atoms with Crippen LogP contribution in [0.1, 0.15) is 25.7 Å². The van der Waals surface area contributed by atoms with Crippen molar-refractivity contribution in [3.63, 3.8) is 0 Å². The lowest BCUT2D eigenvalue weighted by molar-refractivity contribution is -0.143. The molecule has 10 nitrogen and oxygen atoms in total. The standard InChI is InChI=1S/C27H28FN7O3/c28-19-4-6-21(7-5-19)35-24-22(15-31-35)26(37)34(17-30-24)16-27(38)8-11-33(12-9-27)25(36)18-13-20(14-18)32-23-3-1-2-10-29-23/h1-7,10,15,17-18,20,38H,8-9,11-14,16H2,(H,29,32)/t18-,20+. The summed E-state index contributed by atoms with van der Waals surface area (Å²) < 4.78 is 16.2. The van der Waals surface area contributed by atoms with E-state index in [-0.39, 0.29) is 35.8 Å². The van der Waals surface area contributed by atoms with Crippen LogP contribution in [0.3, 0.4) is 0 Å². The molecule has 1 aromatic carbocycles. The average Bonchev–Trinajstić information content (AvgIpc) is 3.34. The molecule has 0 spiro atoms. The van der Waals surface area contributed by atoms with Crippen LogP contribution in [0.2, 0.25) is 0 Å². The highest BCUT2D eigenvalue weighted by atomic mass is 19.1. The molecule has 1 saturated heterocycles. The van der Waals surface area contributed by atoms with Crippen LogP contribution < -0.4 is 10.9 Å². The number of halogens is 1. The first-order chi connectivity index (χ1) is 18.4. The molecule has 0 unspecified atom stereocenters. The summed E-state index contributed by atoms with van der Waals surface area (Å²) >= 11 is 0. The number of hydrogen-bond donors (Lipinski definition) is 2. The number of pyridine rings is 1. The van der Waals surface area contributed by atoms with Gasteiger partial charge >= 0.3 is 0 Å². The van der Waals surface area contributed by atoms with Crippen molar-refractivity contribution < 1.29 is 14.3 Å². The molecule has 1 aliphatic heterocycles. The molecule has 38 heavy (non-hydrogen) atoms. The van der Waals surface area contributed by atoms with Gasteiger partial charge < -0.3 is 15.3 Å². The summed E-state index contributed by atoms with van der Waals surface area (Å²) in [5, 5.41) is 19.2. The van der Waals surface area contributed by atoms with Gasteiger partial charge in [0, 0.05) is 31.2 Å². The van der Waals surface area contributed by atoms with Gasteiger partial charge in [0.25, 0.3) is 5.56 Å². The first kappa shape index (κ1) is 24.2. The number of benzene rings is 1. The molecule has 4 heterocycles. The number of rotatable bonds is 6. The van der Waals surface area contributed by atoms with Crippen LogP contribution in [0.4, 0.5) is 10.2 Å². The van der Waals surface area contributed by atoms with Gasteiger partial charge in [-0.25, -0.2) is 19.0 Å². The number of aromatic nitrogens is 5. The molecule has 1 saturated carbocycles. The van der Waals surface area contributed by atoms with Crippen molar-refractivity contribution in [3.05, 3.63) is 77.4 Å². The number of carbonyl (C=O) groups is 1. The predicted molar refractivity (Wildman–Crippen MR) is 138 cm³/mol. The van der Waals surface area contributed by atoms with Crippen molar-refractivity contribution >= 4 is 22.8 Å². The second kappa shape index (κ2) is 9.64. The molecule has 6 rings (SSSR count). The molecule has 196 valence electrons. The Morgan fingerprint density at radius 2 is 1.87 bits per heavy atom. The summed E-state index contributed by atoms with van der Waals surface area (Å²) in [6.45, 7) is 0.964. The monoisotopic (exact) mass is 517 g/mol. The summed E-state index contributed by atoms with van der Waals surface area (Å²) in [4.78, 5) is 36.6. The molecule has 2 N–H and O–H groups in total. The highest BCUT2D eigenvalue weighted by molar-refractivity contribution is 5.80. The Hall–Kier alpha value is -4.12. The zero-order valence-electron chi connectivity index (χ0n) is 20.7. The molecule has 0 radical (unpaired) electrons. The minimum atomic E-state index is -1.12. The summed E-state index contributed by atoms with van der Waals surface area (Å²) in [6, 6.07) is 11.7. The SMILES string of the molecule is O=c1c2cnn(-c3ccc(F)cc3)c2ncn1CC1(O)CCN(C(=O)[C@H]2C[C@@H](Nc3ccccn3)C2)CC1. The summed E-state index contributed by atoms with van der Waals surface area (Å²) in [5.41, 5.74) is -0.476. The fourth-order valence-corrected chi connectivity index (χ4v) is 5.30. The molecule has 1 aliphatic carbocycles. The minimum Gasteiger partial charge on any atom is -0.388 e. The van der Waals surface area contributed by atoms with E-state index in [9.17, 15) is 19.1 Å². The van der Waals surface area contributed by atoms with Crippen LogP contribution in [0.15, 0.2) is 66.0 Å². The topological polar surface area (TPSA) is 118 Å². The van der Waals surface area contributed by atoms with Gasteiger partial charge in [-0.1, -0.05) is 6.07 Å². The van der Waals surface area contributed by atoms with Gasteiger partial charge in [-0.05, 0) is 62.1 Å². The van der Waals surface area contributed by atoms with Crippen molar-refractivity contribution in [2.45, 2.75) is 43.9 Å². The lowest BCUT2D eigenvalue weighted by Gasteiger charge is -2.42. The Labute approximate surface area is 217 Å². The van der Waals surface area contributed by atoms with Crippen molar-refractivity contribution in [2.75, 3.05) is 18.4 Å². The molecule has 4 aromatic rings. The first-order valence-electron chi connectivity index (χ1n) is 12.8. The number of hydrogen-bond acceptors (Lipinski definition) is 7. The maximum atomic E-state index is 13.3. The second-order valence-electron chi connectivity index (χ2n) is 10.2. The number of piperidine rings is 1. The van der Waals surface area contributed by atoms with Crippen LogP contribution in [0, 0.1) is 11.7 Å². The van der Waals surface area contributed by atoms with Crippen LogP contribution in [-0.4, -0.2) is 65.0 Å². The van der Waals surface area contributed by atoms with Crippen LogP contribution in [-0.2, 0) is 11.3 Å². The third-order valence-corrected chi connectivity index (χ3v) is 7.60. The number of amides is 1. The fraction of sp³-hybridized carbons (Fsp3) is 0.370. The molecule has 1 amide bonds. The quantitative estimate of drug-likeness (QED) is 0.403. The van der Waals surface area contributed by atoms with Crippen molar-refractivity contribution in [2.24, 2.45) is 5.92 Å². The molecule has 2 aliphatic rings. The van der Waals surface area contributed by atoms with Crippen LogP contribution in [0.25, 0.3) is 16.7 Å². The smallest absolute Gasteiger partial charge is 0.264 e. The number of aliphatic hydroxyl groups is 1. The first-order valence-corrected chi connectivity index (χ1v) is 12.8. The maximum Gasteiger partial charge on any atom is 0.264 e. The van der Waals surface area contributed by atoms with E-state index in [1.807, 2.05) is 23.1 Å². The zero-order chi connectivity index (χ0) is 26.3. The van der Waals surface area contributed by atoms with Crippen molar-refractivity contribution in [3.8, 4) is 5.69 Å². The number of nitrogens with zero attached hydrogens (tertiary/aromatic N) is 6. The molecule has 3 aromatic heterocycles. The molecular formula is C27H28FN7O3. The lowest BCUT2D eigenvalue weighted by Crippen LogP contribution is -2.53. The van der Waals surface area contributed by atoms with E-state index in [4.69, 9.17) is 0 Å². The Bertz CT molecular complexity index is 1510. The van der Waals surface area contributed by atoms with Crippen molar-refractivity contribution in [1.82, 2.24) is 29.2 Å². The summed E-state index contributed by atoms with van der Waals surface area (Å²) in [6.07, 6.45) is 6.86. The van der Waals surface area contributed by atoms with E-state index in [1.54, 1.807) is 18.3 Å². The average molecular weight is 518 g/mol. The van der Waals surface area contributed by atoms with E-state index < -0.39 is 5.60 Å². The maximum absolute atomic E-state index is 13.3. The van der Waals surface area contributed by atoms with E-state index in [1.165, 1.54) is 33.9 Å².